The fourth-order valence-corrected chi connectivity index (χ4v) is 2.95. The van der Waals surface area contributed by atoms with Gasteiger partial charge in [-0.3, -0.25) is 0 Å². The van der Waals surface area contributed by atoms with Gasteiger partial charge in [0.2, 0.25) is 0 Å². The fourth-order valence-electron chi connectivity index (χ4n) is 2.30. The molecule has 0 saturated heterocycles. The molecular weight excluding hydrogens is 284 g/mol. The molecular formula is C16H20N2O2S. The van der Waals surface area contributed by atoms with Gasteiger partial charge in [-0.05, 0) is 49.7 Å². The largest absolute Gasteiger partial charge is 0.397 e. The molecule has 0 amide bonds. The Morgan fingerprint density at radius 1 is 1.14 bits per heavy atom. The van der Waals surface area contributed by atoms with Crippen LogP contribution in [-0.4, -0.2) is 21.2 Å². The molecule has 0 atom stereocenters. The smallest absolute Gasteiger partial charge is 0.175 e. The maximum atomic E-state index is 11.6. The lowest BCUT2D eigenvalue weighted by Crippen LogP contribution is -2.17. The summed E-state index contributed by atoms with van der Waals surface area (Å²) in [6.07, 6.45) is 1.18. The molecule has 0 bridgehead atoms. The normalized spacial score (nSPS) is 11.4. The third-order valence-electron chi connectivity index (χ3n) is 3.35. The Morgan fingerprint density at radius 2 is 1.86 bits per heavy atom. The average Bonchev–Trinajstić information content (AvgIpc) is 2.40. The summed E-state index contributed by atoms with van der Waals surface area (Å²) in [6.45, 7) is 4.81. The first-order chi connectivity index (χ1) is 9.82. The van der Waals surface area contributed by atoms with E-state index in [0.29, 0.717) is 5.69 Å². The summed E-state index contributed by atoms with van der Waals surface area (Å²) in [4.78, 5) is 2.30. The Balaban J connectivity index is 2.49. The number of nitrogen functional groups attached to an aromatic ring is 1. The summed E-state index contributed by atoms with van der Waals surface area (Å²) in [5, 5.41) is 0. The molecule has 0 aliphatic rings. The molecule has 0 spiro atoms. The van der Waals surface area contributed by atoms with Gasteiger partial charge in [-0.2, -0.15) is 0 Å². The van der Waals surface area contributed by atoms with Crippen molar-refractivity contribution < 1.29 is 8.42 Å². The molecule has 0 radical (unpaired) electrons. The zero-order valence-electron chi connectivity index (χ0n) is 12.5. The molecule has 21 heavy (non-hydrogen) atoms. The van der Waals surface area contributed by atoms with E-state index < -0.39 is 9.84 Å². The van der Waals surface area contributed by atoms with Crippen LogP contribution in [0.1, 0.15) is 12.5 Å². The highest BCUT2D eigenvalue weighted by molar-refractivity contribution is 7.90. The molecule has 112 valence electrons. The van der Waals surface area contributed by atoms with Gasteiger partial charge in [-0.15, -0.1) is 0 Å². The van der Waals surface area contributed by atoms with E-state index in [1.807, 2.05) is 32.0 Å². The summed E-state index contributed by atoms with van der Waals surface area (Å²) in [7, 11) is -3.24. The first kappa shape index (κ1) is 15.4. The number of aryl methyl sites for hydroxylation is 1. The monoisotopic (exact) mass is 304 g/mol. The van der Waals surface area contributed by atoms with Crippen LogP contribution in [0.4, 0.5) is 17.1 Å². The minimum atomic E-state index is -3.24. The first-order valence-corrected chi connectivity index (χ1v) is 8.66. The number of sulfone groups is 1. The van der Waals surface area contributed by atoms with E-state index in [9.17, 15) is 8.42 Å². The molecule has 0 unspecified atom stereocenters. The van der Waals surface area contributed by atoms with E-state index in [4.69, 9.17) is 5.73 Å². The van der Waals surface area contributed by atoms with Crippen molar-refractivity contribution in [3.63, 3.8) is 0 Å². The van der Waals surface area contributed by atoms with Gasteiger partial charge in [0, 0.05) is 18.5 Å². The van der Waals surface area contributed by atoms with E-state index >= 15 is 0 Å². The van der Waals surface area contributed by atoms with Gasteiger partial charge >= 0.3 is 0 Å². The predicted octanol–water partition coefficient (Wildman–Crippen LogP) is 3.14. The molecule has 0 saturated carbocycles. The summed E-state index contributed by atoms with van der Waals surface area (Å²) in [6, 6.07) is 13.0. The predicted molar refractivity (Wildman–Crippen MR) is 87.8 cm³/mol. The number of nitrogens with zero attached hydrogens (tertiary/aromatic N) is 1. The van der Waals surface area contributed by atoms with Gasteiger partial charge in [0.1, 0.15) is 0 Å². The Morgan fingerprint density at radius 3 is 2.38 bits per heavy atom. The molecule has 0 aromatic heterocycles. The maximum Gasteiger partial charge on any atom is 0.175 e. The van der Waals surface area contributed by atoms with E-state index in [2.05, 4.69) is 11.0 Å². The number of benzene rings is 2. The summed E-state index contributed by atoms with van der Waals surface area (Å²) >= 11 is 0. The second-order valence-electron chi connectivity index (χ2n) is 5.08. The molecule has 5 heteroatoms. The maximum absolute atomic E-state index is 11.6. The number of anilines is 3. The third kappa shape index (κ3) is 3.36. The van der Waals surface area contributed by atoms with Crippen LogP contribution in [0.25, 0.3) is 0 Å². The second kappa shape index (κ2) is 5.77. The molecule has 2 N–H and O–H groups in total. The lowest BCUT2D eigenvalue weighted by molar-refractivity contribution is 0.602. The van der Waals surface area contributed by atoms with Gasteiger partial charge in [0.05, 0.1) is 16.3 Å². The highest BCUT2D eigenvalue weighted by atomic mass is 32.2. The minimum absolute atomic E-state index is 0.240. The lowest BCUT2D eigenvalue weighted by atomic mass is 10.1. The second-order valence-corrected chi connectivity index (χ2v) is 7.09. The number of hydrogen-bond acceptors (Lipinski definition) is 4. The van der Waals surface area contributed by atoms with Crippen molar-refractivity contribution in [2.45, 2.75) is 18.7 Å². The number of nitrogens with two attached hydrogens (primary N) is 1. The quantitative estimate of drug-likeness (QED) is 0.881. The first-order valence-electron chi connectivity index (χ1n) is 6.76. The fraction of sp³-hybridized carbons (Fsp3) is 0.250. The van der Waals surface area contributed by atoms with Crippen LogP contribution >= 0.6 is 0 Å². The van der Waals surface area contributed by atoms with E-state index in [1.54, 1.807) is 12.1 Å². The third-order valence-corrected chi connectivity index (χ3v) is 4.46. The summed E-state index contributed by atoms with van der Waals surface area (Å²) in [5.74, 6) is 0. The van der Waals surface area contributed by atoms with Crippen molar-refractivity contribution in [2.24, 2.45) is 0 Å². The van der Waals surface area contributed by atoms with Crippen molar-refractivity contribution >= 4 is 26.9 Å². The van der Waals surface area contributed by atoms with Crippen molar-refractivity contribution in [1.29, 1.82) is 0 Å². The van der Waals surface area contributed by atoms with Crippen LogP contribution in [0.15, 0.2) is 47.4 Å². The molecule has 0 heterocycles. The summed E-state index contributed by atoms with van der Waals surface area (Å²) < 4.78 is 23.2. The highest BCUT2D eigenvalue weighted by Crippen LogP contribution is 2.32. The van der Waals surface area contributed by atoms with Crippen LogP contribution in [0.3, 0.4) is 0 Å². The SMILES string of the molecule is CCN(c1cccc(C)c1)c1ccc(S(C)(=O)=O)cc1N. The van der Waals surface area contributed by atoms with Crippen molar-refractivity contribution in [1.82, 2.24) is 0 Å². The molecule has 4 nitrogen and oxygen atoms in total. The average molecular weight is 304 g/mol. The zero-order valence-corrected chi connectivity index (χ0v) is 13.3. The van der Waals surface area contributed by atoms with E-state index in [-0.39, 0.29) is 4.90 Å². The standard InChI is InChI=1S/C16H20N2O2S/c1-4-18(13-7-5-6-12(2)10-13)16-9-8-14(11-15(16)17)21(3,19)20/h5-11H,4,17H2,1-3H3. The minimum Gasteiger partial charge on any atom is -0.397 e. The molecule has 2 aromatic carbocycles. The van der Waals surface area contributed by atoms with Gasteiger partial charge in [0.25, 0.3) is 0 Å². The van der Waals surface area contributed by atoms with Crippen LogP contribution in [0.2, 0.25) is 0 Å². The molecule has 0 aliphatic heterocycles. The van der Waals surface area contributed by atoms with Crippen molar-refractivity contribution in [2.75, 3.05) is 23.4 Å². The van der Waals surface area contributed by atoms with E-state index in [0.717, 1.165) is 23.5 Å². The van der Waals surface area contributed by atoms with Gasteiger partial charge in [-0.1, -0.05) is 12.1 Å². The summed E-state index contributed by atoms with van der Waals surface area (Å²) in [5.41, 5.74) is 9.54. The zero-order chi connectivity index (χ0) is 15.6. The topological polar surface area (TPSA) is 63.4 Å². The molecule has 2 rings (SSSR count). The van der Waals surface area contributed by atoms with Gasteiger partial charge < -0.3 is 10.6 Å². The Hall–Kier alpha value is -2.01. The Labute approximate surface area is 126 Å². The van der Waals surface area contributed by atoms with Crippen LogP contribution in [0, 0.1) is 6.92 Å². The molecule has 0 fully saturated rings. The van der Waals surface area contributed by atoms with Crippen LogP contribution in [0.5, 0.6) is 0 Å². The lowest BCUT2D eigenvalue weighted by Gasteiger charge is -2.25. The number of hydrogen-bond donors (Lipinski definition) is 1. The Bertz CT molecular complexity index is 755. The number of rotatable bonds is 4. The van der Waals surface area contributed by atoms with Gasteiger partial charge in [-0.25, -0.2) is 8.42 Å². The molecule has 0 aliphatic carbocycles. The van der Waals surface area contributed by atoms with Crippen molar-refractivity contribution in [3.8, 4) is 0 Å². The van der Waals surface area contributed by atoms with Gasteiger partial charge in [0.15, 0.2) is 9.84 Å². The van der Waals surface area contributed by atoms with E-state index in [1.165, 1.54) is 12.3 Å². The molecule has 2 aromatic rings. The van der Waals surface area contributed by atoms with Crippen LogP contribution in [-0.2, 0) is 9.84 Å². The van der Waals surface area contributed by atoms with Crippen LogP contribution < -0.4 is 10.6 Å². The highest BCUT2D eigenvalue weighted by Gasteiger charge is 2.14. The van der Waals surface area contributed by atoms with Crippen molar-refractivity contribution in [3.05, 3.63) is 48.0 Å². The Kier molecular flexibility index (Phi) is 4.23.